The van der Waals surface area contributed by atoms with E-state index in [9.17, 15) is 9.50 Å². The second-order valence-electron chi connectivity index (χ2n) is 7.38. The number of benzene rings is 2. The molecule has 0 fully saturated rings. The quantitative estimate of drug-likeness (QED) is 0.360. The minimum Gasteiger partial charge on any atom is -0.497 e. The Morgan fingerprint density at radius 3 is 2.62 bits per heavy atom. The molecule has 0 radical (unpaired) electrons. The number of fused-ring (bicyclic) bond motifs is 1. The fraction of sp³-hybridized carbons (Fsp3) is 0.217. The molecule has 0 aliphatic rings. The normalized spacial score (nSPS) is 12.0. The van der Waals surface area contributed by atoms with Crippen molar-refractivity contribution >= 4 is 22.5 Å². The van der Waals surface area contributed by atoms with Crippen molar-refractivity contribution in [1.82, 2.24) is 14.8 Å². The van der Waals surface area contributed by atoms with Crippen LogP contribution >= 0.6 is 0 Å². The maximum Gasteiger partial charge on any atom is 0.167 e. The van der Waals surface area contributed by atoms with Crippen LogP contribution in [0.3, 0.4) is 0 Å². The van der Waals surface area contributed by atoms with E-state index in [1.807, 2.05) is 31.2 Å². The molecule has 0 aliphatic heterocycles. The number of hydrogen-bond acceptors (Lipinski definition) is 7. The highest BCUT2D eigenvalue weighted by Crippen LogP contribution is 2.35. The second kappa shape index (κ2) is 9.11. The van der Waals surface area contributed by atoms with Crippen LogP contribution < -0.4 is 20.5 Å². The summed E-state index contributed by atoms with van der Waals surface area (Å²) in [5, 5.41) is 17.9. The van der Waals surface area contributed by atoms with Gasteiger partial charge in [0.15, 0.2) is 23.0 Å². The van der Waals surface area contributed by atoms with Crippen molar-refractivity contribution < 1.29 is 19.0 Å². The number of hydrogen-bond donors (Lipinski definition) is 3. The van der Waals surface area contributed by atoms with Gasteiger partial charge in [0.25, 0.3) is 0 Å². The highest BCUT2D eigenvalue weighted by atomic mass is 19.1. The predicted molar refractivity (Wildman–Crippen MR) is 121 cm³/mol. The van der Waals surface area contributed by atoms with E-state index < -0.39 is 5.82 Å². The van der Waals surface area contributed by atoms with E-state index >= 15 is 0 Å². The van der Waals surface area contributed by atoms with Crippen LogP contribution in [-0.2, 0) is 6.54 Å². The summed E-state index contributed by atoms with van der Waals surface area (Å²) in [6, 6.07) is 13.3. The SMILES string of the molecule is COc1ccc(Cn2nc(N[C@H](C)CO)c3c(Oc4ccc(N)cc4F)ccnc32)cc1. The van der Waals surface area contributed by atoms with Crippen LogP contribution in [-0.4, -0.2) is 39.6 Å². The van der Waals surface area contributed by atoms with Gasteiger partial charge in [-0.1, -0.05) is 12.1 Å². The number of aliphatic hydroxyl groups excluding tert-OH is 1. The maximum absolute atomic E-state index is 14.4. The zero-order chi connectivity index (χ0) is 22.7. The molecule has 0 saturated carbocycles. The Kier molecular flexibility index (Phi) is 6.09. The minimum absolute atomic E-state index is 0.0377. The molecule has 32 heavy (non-hydrogen) atoms. The number of pyridine rings is 1. The smallest absolute Gasteiger partial charge is 0.167 e. The van der Waals surface area contributed by atoms with E-state index in [0.717, 1.165) is 11.3 Å². The van der Waals surface area contributed by atoms with Gasteiger partial charge in [0, 0.05) is 30.1 Å². The van der Waals surface area contributed by atoms with Crippen molar-refractivity contribution in [1.29, 1.82) is 0 Å². The van der Waals surface area contributed by atoms with Crippen LogP contribution in [0, 0.1) is 5.82 Å². The van der Waals surface area contributed by atoms with Gasteiger partial charge in [-0.3, -0.25) is 0 Å². The van der Waals surface area contributed by atoms with Gasteiger partial charge in [-0.05, 0) is 36.8 Å². The molecular weight excluding hydrogens is 413 g/mol. The summed E-state index contributed by atoms with van der Waals surface area (Å²) in [6.45, 7) is 2.18. The Bertz CT molecular complexity index is 1230. The topological polar surface area (TPSA) is 107 Å². The van der Waals surface area contributed by atoms with Gasteiger partial charge in [-0.15, -0.1) is 0 Å². The number of anilines is 2. The number of nitrogens with zero attached hydrogens (tertiary/aromatic N) is 3. The number of nitrogens with one attached hydrogen (secondary N) is 1. The monoisotopic (exact) mass is 437 g/mol. The van der Waals surface area contributed by atoms with Gasteiger partial charge in [0.2, 0.25) is 0 Å². The molecule has 4 N–H and O–H groups in total. The van der Waals surface area contributed by atoms with E-state index in [-0.39, 0.29) is 18.4 Å². The number of ether oxygens (including phenoxy) is 2. The van der Waals surface area contributed by atoms with Gasteiger partial charge >= 0.3 is 0 Å². The highest BCUT2D eigenvalue weighted by Gasteiger charge is 2.19. The Labute approximate surface area is 184 Å². The summed E-state index contributed by atoms with van der Waals surface area (Å²) in [4.78, 5) is 4.48. The second-order valence-corrected chi connectivity index (χ2v) is 7.38. The fourth-order valence-electron chi connectivity index (χ4n) is 3.27. The Hall–Kier alpha value is -3.85. The molecule has 0 spiro atoms. The van der Waals surface area contributed by atoms with Crippen LogP contribution in [0.15, 0.2) is 54.7 Å². The lowest BCUT2D eigenvalue weighted by molar-refractivity contribution is 0.281. The zero-order valence-electron chi connectivity index (χ0n) is 17.7. The highest BCUT2D eigenvalue weighted by molar-refractivity contribution is 5.93. The van der Waals surface area contributed by atoms with Crippen molar-refractivity contribution in [2.45, 2.75) is 19.5 Å². The molecule has 0 unspecified atom stereocenters. The van der Waals surface area contributed by atoms with Gasteiger partial charge in [-0.2, -0.15) is 5.10 Å². The first kappa shape index (κ1) is 21.4. The van der Waals surface area contributed by atoms with Crippen LogP contribution in [0.25, 0.3) is 11.0 Å². The lowest BCUT2D eigenvalue weighted by atomic mass is 10.2. The van der Waals surface area contributed by atoms with Crippen LogP contribution in [0.5, 0.6) is 17.2 Å². The third-order valence-electron chi connectivity index (χ3n) is 4.92. The lowest BCUT2D eigenvalue weighted by Crippen LogP contribution is -2.20. The number of nitrogen functional groups attached to an aromatic ring is 1. The number of aromatic nitrogens is 3. The average molecular weight is 437 g/mol. The summed E-state index contributed by atoms with van der Waals surface area (Å²) in [6.07, 6.45) is 1.58. The van der Waals surface area contributed by atoms with Crippen molar-refractivity contribution in [2.24, 2.45) is 0 Å². The van der Waals surface area contributed by atoms with E-state index in [0.29, 0.717) is 34.8 Å². The third kappa shape index (κ3) is 4.42. The van der Waals surface area contributed by atoms with Crippen molar-refractivity contribution in [3.63, 3.8) is 0 Å². The first-order chi connectivity index (χ1) is 15.5. The van der Waals surface area contributed by atoms with Crippen LogP contribution in [0.1, 0.15) is 12.5 Å². The van der Waals surface area contributed by atoms with Gasteiger partial charge in [0.05, 0.1) is 20.3 Å². The molecule has 2 heterocycles. The average Bonchev–Trinajstić information content (AvgIpc) is 3.14. The largest absolute Gasteiger partial charge is 0.497 e. The first-order valence-electron chi connectivity index (χ1n) is 10.1. The number of nitrogens with two attached hydrogens (primary N) is 1. The maximum atomic E-state index is 14.4. The number of rotatable bonds is 8. The molecular formula is C23H24FN5O3. The minimum atomic E-state index is -0.571. The molecule has 0 bridgehead atoms. The molecule has 8 nitrogen and oxygen atoms in total. The number of halogens is 1. The molecule has 0 saturated heterocycles. The molecule has 0 aliphatic carbocycles. The van der Waals surface area contributed by atoms with Crippen LogP contribution in [0.4, 0.5) is 15.9 Å². The zero-order valence-corrected chi connectivity index (χ0v) is 17.7. The van der Waals surface area contributed by atoms with Gasteiger partial charge in [0.1, 0.15) is 16.9 Å². The molecule has 2 aromatic carbocycles. The summed E-state index contributed by atoms with van der Waals surface area (Å²) < 4.78 is 27.2. The fourth-order valence-corrected chi connectivity index (χ4v) is 3.27. The Morgan fingerprint density at radius 2 is 1.94 bits per heavy atom. The lowest BCUT2D eigenvalue weighted by Gasteiger charge is -2.12. The Morgan fingerprint density at radius 1 is 1.16 bits per heavy atom. The summed E-state index contributed by atoms with van der Waals surface area (Å²) in [5.41, 5.74) is 7.50. The first-order valence-corrected chi connectivity index (χ1v) is 10.1. The van der Waals surface area contributed by atoms with E-state index in [1.165, 1.54) is 12.1 Å². The summed E-state index contributed by atoms with van der Waals surface area (Å²) in [5.74, 6) is 1.09. The van der Waals surface area contributed by atoms with Gasteiger partial charge in [-0.25, -0.2) is 14.1 Å². The van der Waals surface area contributed by atoms with Crippen LogP contribution in [0.2, 0.25) is 0 Å². The van der Waals surface area contributed by atoms with Crippen molar-refractivity contribution in [2.75, 3.05) is 24.8 Å². The molecule has 166 valence electrons. The van der Waals surface area contributed by atoms with E-state index in [2.05, 4.69) is 15.4 Å². The van der Waals surface area contributed by atoms with Crippen molar-refractivity contribution in [3.8, 4) is 17.2 Å². The molecule has 2 aromatic heterocycles. The molecule has 4 rings (SSSR count). The molecule has 1 atom stereocenters. The van der Waals surface area contributed by atoms with Crippen molar-refractivity contribution in [3.05, 3.63) is 66.1 Å². The molecule has 0 amide bonds. The summed E-state index contributed by atoms with van der Waals surface area (Å²) in [7, 11) is 1.62. The van der Waals surface area contributed by atoms with Gasteiger partial charge < -0.3 is 25.6 Å². The van der Waals surface area contributed by atoms with E-state index in [1.54, 1.807) is 30.1 Å². The standard InChI is InChI=1S/C23H24FN5O3/c1-14(13-30)27-22-21-20(32-19-8-5-16(25)11-18(19)24)9-10-26-23(21)29(28-22)12-15-3-6-17(31-2)7-4-15/h3-11,14,30H,12-13,25H2,1-2H3,(H,27,28)/t14-/m1/s1. The number of aliphatic hydroxyl groups is 1. The third-order valence-corrected chi connectivity index (χ3v) is 4.92. The number of methoxy groups -OCH3 is 1. The van der Waals surface area contributed by atoms with E-state index in [4.69, 9.17) is 15.2 Å². The molecule has 9 heteroatoms. The summed E-state index contributed by atoms with van der Waals surface area (Å²) >= 11 is 0. The molecule has 4 aromatic rings. The Balaban J connectivity index is 1.77. The predicted octanol–water partition coefficient (Wildman–Crippen LogP) is 3.79.